The van der Waals surface area contributed by atoms with Crippen molar-refractivity contribution in [1.29, 1.82) is 0 Å². The Bertz CT molecular complexity index is 1080. The summed E-state index contributed by atoms with van der Waals surface area (Å²) in [6.07, 6.45) is 5.73. The van der Waals surface area contributed by atoms with Crippen LogP contribution in [0.1, 0.15) is 48.6 Å². The molecule has 0 saturated carbocycles. The van der Waals surface area contributed by atoms with Gasteiger partial charge in [0, 0.05) is 17.1 Å². The molecule has 0 N–H and O–H groups in total. The fourth-order valence-electron chi connectivity index (χ4n) is 3.69. The van der Waals surface area contributed by atoms with Gasteiger partial charge in [-0.2, -0.15) is 0 Å². The van der Waals surface area contributed by atoms with Crippen LogP contribution in [-0.4, -0.2) is 21.1 Å². The Balaban J connectivity index is 1.83. The topological polar surface area (TPSA) is 52.0 Å². The van der Waals surface area contributed by atoms with E-state index in [1.165, 1.54) is 16.9 Å². The van der Waals surface area contributed by atoms with Crippen LogP contribution in [0.15, 0.2) is 34.2 Å². The average Bonchev–Trinajstić information content (AvgIpc) is 3.05. The molecule has 2 aromatic heterocycles. The second kappa shape index (κ2) is 8.21. The van der Waals surface area contributed by atoms with E-state index in [1.54, 1.807) is 34.6 Å². The van der Waals surface area contributed by atoms with Crippen molar-refractivity contribution >= 4 is 39.1 Å². The summed E-state index contributed by atoms with van der Waals surface area (Å²) in [5.41, 5.74) is 3.28. The number of thioether (sulfide) groups is 1. The number of aromatic nitrogens is 2. The number of hydrogen-bond acceptors (Lipinski definition) is 5. The summed E-state index contributed by atoms with van der Waals surface area (Å²) < 4.78 is 1.77. The van der Waals surface area contributed by atoms with E-state index in [1.807, 2.05) is 31.2 Å². The fraction of sp³-hybridized carbons (Fsp3) is 0.409. The first kappa shape index (κ1) is 19.4. The van der Waals surface area contributed by atoms with Gasteiger partial charge in [-0.05, 0) is 63.6 Å². The number of hydrogen-bond donors (Lipinski definition) is 0. The molecule has 0 fully saturated rings. The third kappa shape index (κ3) is 3.80. The summed E-state index contributed by atoms with van der Waals surface area (Å²) in [5.74, 6) is 0.972. The van der Waals surface area contributed by atoms with Gasteiger partial charge in [0.2, 0.25) is 0 Å². The van der Waals surface area contributed by atoms with Crippen molar-refractivity contribution in [3.63, 3.8) is 0 Å². The van der Waals surface area contributed by atoms with E-state index in [0.717, 1.165) is 58.1 Å². The second-order valence-electron chi connectivity index (χ2n) is 7.42. The molecule has 6 heteroatoms. The van der Waals surface area contributed by atoms with Gasteiger partial charge in [-0.1, -0.05) is 29.5 Å². The summed E-state index contributed by atoms with van der Waals surface area (Å²) in [4.78, 5) is 31.9. The number of nitrogens with zero attached hydrogens (tertiary/aromatic N) is 2. The molecule has 0 bridgehead atoms. The van der Waals surface area contributed by atoms with Crippen LogP contribution in [0.3, 0.4) is 0 Å². The molecule has 1 aliphatic carbocycles. The minimum absolute atomic E-state index is 0.0438. The molecule has 4 rings (SSSR count). The highest BCUT2D eigenvalue weighted by molar-refractivity contribution is 7.99. The molecule has 4 nitrogen and oxygen atoms in total. The summed E-state index contributed by atoms with van der Waals surface area (Å²) in [6, 6.07) is 8.03. The van der Waals surface area contributed by atoms with Crippen LogP contribution in [0, 0.1) is 6.92 Å². The van der Waals surface area contributed by atoms with Gasteiger partial charge in [-0.3, -0.25) is 9.36 Å². The van der Waals surface area contributed by atoms with E-state index in [9.17, 15) is 9.59 Å². The number of rotatable bonds is 6. The lowest BCUT2D eigenvalue weighted by Crippen LogP contribution is -2.22. The first-order valence-electron chi connectivity index (χ1n) is 9.81. The van der Waals surface area contributed by atoms with E-state index in [4.69, 9.17) is 4.98 Å². The van der Waals surface area contributed by atoms with Gasteiger partial charge in [0.1, 0.15) is 10.6 Å². The molecule has 0 amide bonds. The van der Waals surface area contributed by atoms with Crippen molar-refractivity contribution in [2.45, 2.75) is 57.5 Å². The van der Waals surface area contributed by atoms with E-state index in [2.05, 4.69) is 0 Å². The molecule has 1 aromatic carbocycles. The number of carbonyl (C=O) groups is 1. The normalized spacial score (nSPS) is 13.6. The standard InChI is InChI=1S/C22H24N2O2S2/c1-14-9-11-16(12-10-14)24-21(26)19-17-7-3-4-8-18(17)28-20(19)23-22(24)27-13-5-6-15(2)25/h9-12H,3-8,13H2,1-2H3. The molecule has 3 aromatic rings. The van der Waals surface area contributed by atoms with Crippen molar-refractivity contribution in [2.24, 2.45) is 0 Å². The fourth-order valence-corrected chi connectivity index (χ4v) is 5.94. The van der Waals surface area contributed by atoms with Crippen molar-refractivity contribution in [2.75, 3.05) is 5.75 Å². The minimum Gasteiger partial charge on any atom is -0.300 e. The highest BCUT2D eigenvalue weighted by Gasteiger charge is 2.22. The van der Waals surface area contributed by atoms with E-state index < -0.39 is 0 Å². The third-order valence-electron chi connectivity index (χ3n) is 5.15. The zero-order chi connectivity index (χ0) is 19.7. The minimum atomic E-state index is 0.0438. The predicted octanol–water partition coefficient (Wildman–Crippen LogP) is 5.10. The van der Waals surface area contributed by atoms with Crippen LogP contribution in [0.2, 0.25) is 0 Å². The maximum Gasteiger partial charge on any atom is 0.267 e. The molecule has 146 valence electrons. The van der Waals surface area contributed by atoms with E-state index in [0.29, 0.717) is 6.42 Å². The Morgan fingerprint density at radius 1 is 1.21 bits per heavy atom. The number of Topliss-reactive ketones (excluding diaryl/α,β-unsaturated/α-hetero) is 1. The number of benzene rings is 1. The van der Waals surface area contributed by atoms with Gasteiger partial charge in [0.05, 0.1) is 11.1 Å². The lowest BCUT2D eigenvalue weighted by Gasteiger charge is -2.13. The van der Waals surface area contributed by atoms with Gasteiger partial charge in [0.15, 0.2) is 5.16 Å². The number of aryl methyl sites for hydroxylation is 3. The smallest absolute Gasteiger partial charge is 0.267 e. The second-order valence-corrected chi connectivity index (χ2v) is 9.56. The monoisotopic (exact) mass is 412 g/mol. The van der Waals surface area contributed by atoms with Crippen molar-refractivity contribution in [1.82, 2.24) is 9.55 Å². The van der Waals surface area contributed by atoms with Crippen molar-refractivity contribution in [3.8, 4) is 5.69 Å². The Hall–Kier alpha value is -1.92. The zero-order valence-corrected chi connectivity index (χ0v) is 17.9. The Kier molecular flexibility index (Phi) is 5.69. The SMILES string of the molecule is CC(=O)CCCSc1nc2sc3c(c2c(=O)n1-c1ccc(C)cc1)CCCC3. The maximum absolute atomic E-state index is 13.6. The molecule has 0 aliphatic heterocycles. The summed E-state index contributed by atoms with van der Waals surface area (Å²) in [5, 5.41) is 1.54. The molecule has 0 spiro atoms. The molecule has 1 aliphatic rings. The summed E-state index contributed by atoms with van der Waals surface area (Å²) >= 11 is 3.26. The highest BCUT2D eigenvalue weighted by Crippen LogP contribution is 2.35. The van der Waals surface area contributed by atoms with Gasteiger partial charge in [-0.15, -0.1) is 11.3 Å². The Morgan fingerprint density at radius 2 is 1.96 bits per heavy atom. The number of ketones is 1. The average molecular weight is 413 g/mol. The molecule has 0 unspecified atom stereocenters. The lowest BCUT2D eigenvalue weighted by atomic mass is 9.97. The molecule has 2 heterocycles. The first-order chi connectivity index (χ1) is 13.5. The maximum atomic E-state index is 13.6. The van der Waals surface area contributed by atoms with Gasteiger partial charge < -0.3 is 4.79 Å². The molecule has 0 saturated heterocycles. The van der Waals surface area contributed by atoms with Crippen LogP contribution in [0.5, 0.6) is 0 Å². The summed E-state index contributed by atoms with van der Waals surface area (Å²) in [6.45, 7) is 3.66. The van der Waals surface area contributed by atoms with Crippen LogP contribution in [0.4, 0.5) is 0 Å². The Morgan fingerprint density at radius 3 is 2.71 bits per heavy atom. The van der Waals surface area contributed by atoms with Crippen LogP contribution in [-0.2, 0) is 17.6 Å². The lowest BCUT2D eigenvalue weighted by molar-refractivity contribution is -0.117. The quantitative estimate of drug-likeness (QED) is 0.321. The predicted molar refractivity (Wildman–Crippen MR) is 117 cm³/mol. The van der Waals surface area contributed by atoms with Gasteiger partial charge in [0.25, 0.3) is 5.56 Å². The molecular formula is C22H24N2O2S2. The van der Waals surface area contributed by atoms with Gasteiger partial charge in [-0.25, -0.2) is 4.98 Å². The molecule has 28 heavy (non-hydrogen) atoms. The van der Waals surface area contributed by atoms with Crippen LogP contribution >= 0.6 is 23.1 Å². The van der Waals surface area contributed by atoms with E-state index >= 15 is 0 Å². The zero-order valence-electron chi connectivity index (χ0n) is 16.3. The van der Waals surface area contributed by atoms with Crippen LogP contribution < -0.4 is 5.56 Å². The third-order valence-corrected chi connectivity index (χ3v) is 7.37. The van der Waals surface area contributed by atoms with Crippen LogP contribution in [0.25, 0.3) is 15.9 Å². The number of fused-ring (bicyclic) bond motifs is 3. The van der Waals surface area contributed by atoms with Gasteiger partial charge >= 0.3 is 0 Å². The van der Waals surface area contributed by atoms with Crippen molar-refractivity contribution < 1.29 is 4.79 Å². The number of carbonyl (C=O) groups excluding carboxylic acids is 1. The van der Waals surface area contributed by atoms with Crippen molar-refractivity contribution in [3.05, 3.63) is 50.6 Å². The van der Waals surface area contributed by atoms with E-state index in [-0.39, 0.29) is 11.3 Å². The molecule has 0 atom stereocenters. The molecule has 0 radical (unpaired) electrons. The first-order valence-corrected chi connectivity index (χ1v) is 11.6. The largest absolute Gasteiger partial charge is 0.300 e. The highest BCUT2D eigenvalue weighted by atomic mass is 32.2. The Labute approximate surface area is 173 Å². The molecular weight excluding hydrogens is 388 g/mol. The number of thiophene rings is 1. The summed E-state index contributed by atoms with van der Waals surface area (Å²) in [7, 11) is 0.